The number of carbonyl (C=O) groups excluding carboxylic acids is 2. The second kappa shape index (κ2) is 8.04. The zero-order valence-corrected chi connectivity index (χ0v) is 12.8. The summed E-state index contributed by atoms with van der Waals surface area (Å²) >= 11 is 0. The van der Waals surface area contributed by atoms with Gasteiger partial charge in [0.2, 0.25) is 5.91 Å². The first kappa shape index (κ1) is 16.7. The van der Waals surface area contributed by atoms with Crippen LogP contribution in [0.4, 0.5) is 0 Å². The Morgan fingerprint density at radius 3 is 2.65 bits per heavy atom. The van der Waals surface area contributed by atoms with E-state index >= 15 is 0 Å². The van der Waals surface area contributed by atoms with E-state index in [1.807, 2.05) is 13.8 Å². The maximum absolute atomic E-state index is 12.2. The van der Waals surface area contributed by atoms with E-state index in [-0.39, 0.29) is 23.9 Å². The minimum atomic E-state index is -0.337. The van der Waals surface area contributed by atoms with Crippen LogP contribution in [0.25, 0.3) is 0 Å². The number of nitrogens with zero attached hydrogens (tertiary/aromatic N) is 1. The lowest BCUT2D eigenvalue weighted by molar-refractivity contribution is -0.146. The standard InChI is InChI=1S/C15H25NO4/c1-11(2)8-14(17)16(9-12(3)15(18)19-4)10-13-6-5-7-20-13/h8,12-13H,5-7,9-10H2,1-4H3. The van der Waals surface area contributed by atoms with Crippen LogP contribution in [0, 0.1) is 5.92 Å². The Hall–Kier alpha value is -1.36. The summed E-state index contributed by atoms with van der Waals surface area (Å²) < 4.78 is 10.3. The molecular weight excluding hydrogens is 258 g/mol. The average Bonchev–Trinajstić information content (AvgIpc) is 2.88. The molecule has 0 N–H and O–H groups in total. The zero-order valence-electron chi connectivity index (χ0n) is 12.8. The molecule has 1 aliphatic heterocycles. The van der Waals surface area contributed by atoms with E-state index in [2.05, 4.69) is 0 Å². The summed E-state index contributed by atoms with van der Waals surface area (Å²) in [6.45, 7) is 7.17. The third-order valence-electron chi connectivity index (χ3n) is 3.27. The van der Waals surface area contributed by atoms with E-state index in [1.165, 1.54) is 7.11 Å². The lowest BCUT2D eigenvalue weighted by Crippen LogP contribution is -2.41. The van der Waals surface area contributed by atoms with Gasteiger partial charge in [-0.05, 0) is 26.7 Å². The Morgan fingerprint density at radius 1 is 1.45 bits per heavy atom. The topological polar surface area (TPSA) is 55.8 Å². The highest BCUT2D eigenvalue weighted by molar-refractivity contribution is 5.88. The number of allylic oxidation sites excluding steroid dienone is 1. The number of rotatable bonds is 6. The molecule has 1 amide bonds. The number of hydrogen-bond acceptors (Lipinski definition) is 4. The fourth-order valence-electron chi connectivity index (χ4n) is 2.23. The van der Waals surface area contributed by atoms with Crippen molar-refractivity contribution in [3.8, 4) is 0 Å². The number of carbonyl (C=O) groups is 2. The van der Waals surface area contributed by atoms with Crippen LogP contribution in [0.5, 0.6) is 0 Å². The van der Waals surface area contributed by atoms with Crippen LogP contribution >= 0.6 is 0 Å². The van der Waals surface area contributed by atoms with Crippen LogP contribution < -0.4 is 0 Å². The van der Waals surface area contributed by atoms with Crippen molar-refractivity contribution in [1.29, 1.82) is 0 Å². The molecule has 0 bridgehead atoms. The number of amides is 1. The van der Waals surface area contributed by atoms with E-state index in [0.717, 1.165) is 25.0 Å². The lowest BCUT2D eigenvalue weighted by Gasteiger charge is -2.26. The smallest absolute Gasteiger partial charge is 0.310 e. The molecule has 1 aliphatic rings. The molecule has 0 radical (unpaired) electrons. The highest BCUT2D eigenvalue weighted by Gasteiger charge is 2.25. The van der Waals surface area contributed by atoms with Crippen molar-refractivity contribution < 1.29 is 19.1 Å². The van der Waals surface area contributed by atoms with Crippen molar-refractivity contribution in [3.05, 3.63) is 11.6 Å². The quantitative estimate of drug-likeness (QED) is 0.550. The van der Waals surface area contributed by atoms with E-state index in [9.17, 15) is 9.59 Å². The van der Waals surface area contributed by atoms with E-state index < -0.39 is 0 Å². The van der Waals surface area contributed by atoms with Crippen molar-refractivity contribution in [1.82, 2.24) is 4.90 Å². The molecule has 20 heavy (non-hydrogen) atoms. The van der Waals surface area contributed by atoms with Gasteiger partial charge in [-0.1, -0.05) is 12.5 Å². The Kier molecular flexibility index (Phi) is 6.71. The monoisotopic (exact) mass is 283 g/mol. The molecule has 0 spiro atoms. The molecule has 1 saturated heterocycles. The number of esters is 1. The fourth-order valence-corrected chi connectivity index (χ4v) is 2.23. The lowest BCUT2D eigenvalue weighted by atomic mass is 10.1. The van der Waals surface area contributed by atoms with Gasteiger partial charge in [0.1, 0.15) is 0 Å². The predicted octanol–water partition coefficient (Wildman–Crippen LogP) is 1.77. The maximum Gasteiger partial charge on any atom is 0.310 e. The molecule has 2 atom stereocenters. The van der Waals surface area contributed by atoms with Crippen LogP contribution in [0.15, 0.2) is 11.6 Å². The molecule has 114 valence electrons. The molecule has 1 rings (SSSR count). The van der Waals surface area contributed by atoms with Crippen LogP contribution in [-0.4, -0.2) is 49.7 Å². The molecule has 0 aliphatic carbocycles. The second-order valence-electron chi connectivity index (χ2n) is 5.52. The van der Waals surface area contributed by atoms with E-state index in [0.29, 0.717) is 13.1 Å². The summed E-state index contributed by atoms with van der Waals surface area (Å²) in [6, 6.07) is 0. The van der Waals surface area contributed by atoms with Gasteiger partial charge in [-0.2, -0.15) is 0 Å². The highest BCUT2D eigenvalue weighted by atomic mass is 16.5. The summed E-state index contributed by atoms with van der Waals surface area (Å²) in [5, 5.41) is 0. The first-order chi connectivity index (χ1) is 9.43. The van der Waals surface area contributed by atoms with Gasteiger partial charge in [-0.3, -0.25) is 9.59 Å². The van der Waals surface area contributed by atoms with Gasteiger partial charge >= 0.3 is 5.97 Å². The van der Waals surface area contributed by atoms with Crippen molar-refractivity contribution >= 4 is 11.9 Å². The highest BCUT2D eigenvalue weighted by Crippen LogP contribution is 2.15. The normalized spacial score (nSPS) is 19.3. The molecule has 5 nitrogen and oxygen atoms in total. The molecule has 0 aromatic rings. The number of methoxy groups -OCH3 is 1. The molecule has 1 heterocycles. The van der Waals surface area contributed by atoms with Gasteiger partial charge in [0.05, 0.1) is 19.1 Å². The Bertz CT molecular complexity index is 368. The molecule has 0 aromatic carbocycles. The van der Waals surface area contributed by atoms with Gasteiger partial charge in [-0.25, -0.2) is 0 Å². The summed E-state index contributed by atoms with van der Waals surface area (Å²) in [7, 11) is 1.36. The summed E-state index contributed by atoms with van der Waals surface area (Å²) in [5.41, 5.74) is 0.943. The van der Waals surface area contributed by atoms with Crippen LogP contribution in [0.2, 0.25) is 0 Å². The third-order valence-corrected chi connectivity index (χ3v) is 3.27. The molecule has 0 saturated carbocycles. The molecule has 1 fully saturated rings. The van der Waals surface area contributed by atoms with E-state index in [4.69, 9.17) is 9.47 Å². The average molecular weight is 283 g/mol. The first-order valence-corrected chi connectivity index (χ1v) is 7.07. The minimum Gasteiger partial charge on any atom is -0.469 e. The largest absolute Gasteiger partial charge is 0.469 e. The fraction of sp³-hybridized carbons (Fsp3) is 0.733. The second-order valence-corrected chi connectivity index (χ2v) is 5.52. The van der Waals surface area contributed by atoms with Gasteiger partial charge < -0.3 is 14.4 Å². The molecule has 5 heteroatoms. The van der Waals surface area contributed by atoms with Gasteiger partial charge in [0.25, 0.3) is 0 Å². The van der Waals surface area contributed by atoms with Crippen LogP contribution in [0.3, 0.4) is 0 Å². The molecular formula is C15H25NO4. The summed E-state index contributed by atoms with van der Waals surface area (Å²) in [6.07, 6.45) is 3.67. The summed E-state index contributed by atoms with van der Waals surface area (Å²) in [5.74, 6) is -0.709. The zero-order chi connectivity index (χ0) is 15.1. The van der Waals surface area contributed by atoms with Crippen LogP contribution in [0.1, 0.15) is 33.6 Å². The van der Waals surface area contributed by atoms with Crippen molar-refractivity contribution in [2.45, 2.75) is 39.7 Å². The molecule has 0 aromatic heterocycles. The molecule has 2 unspecified atom stereocenters. The Morgan fingerprint density at radius 2 is 2.15 bits per heavy atom. The summed E-state index contributed by atoms with van der Waals surface area (Å²) in [4.78, 5) is 25.4. The first-order valence-electron chi connectivity index (χ1n) is 7.07. The Labute approximate surface area is 120 Å². The number of hydrogen-bond donors (Lipinski definition) is 0. The SMILES string of the molecule is COC(=O)C(C)CN(CC1CCCO1)C(=O)C=C(C)C. The Balaban J connectivity index is 2.69. The van der Waals surface area contributed by atoms with Gasteiger partial charge in [-0.15, -0.1) is 0 Å². The minimum absolute atomic E-state index is 0.0729. The predicted molar refractivity (Wildman–Crippen MR) is 76.2 cm³/mol. The maximum atomic E-state index is 12.2. The van der Waals surface area contributed by atoms with Gasteiger partial charge in [0, 0.05) is 25.8 Å². The van der Waals surface area contributed by atoms with Crippen LogP contribution in [-0.2, 0) is 19.1 Å². The van der Waals surface area contributed by atoms with E-state index in [1.54, 1.807) is 17.9 Å². The van der Waals surface area contributed by atoms with Gasteiger partial charge in [0.15, 0.2) is 0 Å². The van der Waals surface area contributed by atoms with Crippen molar-refractivity contribution in [2.24, 2.45) is 5.92 Å². The van der Waals surface area contributed by atoms with Crippen molar-refractivity contribution in [2.75, 3.05) is 26.8 Å². The number of ether oxygens (including phenoxy) is 2. The van der Waals surface area contributed by atoms with Crippen molar-refractivity contribution in [3.63, 3.8) is 0 Å². The third kappa shape index (κ3) is 5.33.